The van der Waals surface area contributed by atoms with E-state index in [1.54, 1.807) is 12.1 Å². The first-order valence-electron chi connectivity index (χ1n) is 6.52. The maximum absolute atomic E-state index is 10.5. The number of phenolic OH excluding ortho intramolecular Hbond substituents is 1. The molecule has 1 saturated carbocycles. The molecule has 0 saturated heterocycles. The fourth-order valence-corrected chi connectivity index (χ4v) is 3.11. The number of para-hydroxylation sites is 1. The third-order valence-corrected chi connectivity index (χ3v) is 4.28. The molecule has 4 nitrogen and oxygen atoms in total. The van der Waals surface area contributed by atoms with Gasteiger partial charge in [0.05, 0.1) is 5.56 Å². The Hall–Kier alpha value is -1.39. The number of nitrogens with zero attached hydrogens (tertiary/aromatic N) is 1. The Balaban J connectivity index is 2.01. The summed E-state index contributed by atoms with van der Waals surface area (Å²) in [4.78, 5) is 3.37. The summed E-state index contributed by atoms with van der Waals surface area (Å²) in [5.74, 6) is 0.219. The Bertz CT molecular complexity index is 500. The number of hydroxylamine groups is 2. The Morgan fingerprint density at radius 2 is 2.11 bits per heavy atom. The molecule has 0 radical (unpaired) electrons. The van der Waals surface area contributed by atoms with Crippen molar-refractivity contribution in [3.8, 4) is 5.75 Å². The van der Waals surface area contributed by atoms with Crippen LogP contribution in [0.1, 0.15) is 44.3 Å². The number of phenols is 1. The van der Waals surface area contributed by atoms with Gasteiger partial charge in [-0.15, -0.1) is 5.06 Å². The highest BCUT2D eigenvalue weighted by molar-refractivity contribution is 5.89. The highest BCUT2D eigenvalue weighted by Gasteiger charge is 2.53. The van der Waals surface area contributed by atoms with E-state index in [1.165, 1.54) is 17.2 Å². The van der Waals surface area contributed by atoms with Crippen molar-refractivity contribution < 1.29 is 15.3 Å². The maximum atomic E-state index is 10.5. The SMILES string of the molecule is C[C@@]12CCCCC1=[NH+][C@H](c1ccccc1O)N2O. The average Bonchev–Trinajstić information content (AvgIpc) is 2.63. The summed E-state index contributed by atoms with van der Waals surface area (Å²) >= 11 is 0. The lowest BCUT2D eigenvalue weighted by atomic mass is 9.82. The molecule has 3 rings (SSSR count). The molecule has 1 aliphatic heterocycles. The van der Waals surface area contributed by atoms with Gasteiger partial charge in [-0.25, -0.2) is 4.99 Å². The van der Waals surface area contributed by atoms with Crippen LogP contribution in [0.15, 0.2) is 24.3 Å². The van der Waals surface area contributed by atoms with E-state index in [0.717, 1.165) is 24.8 Å². The van der Waals surface area contributed by atoms with Gasteiger partial charge in [0.1, 0.15) is 11.3 Å². The van der Waals surface area contributed by atoms with Crippen LogP contribution in [0, 0.1) is 0 Å². The minimum absolute atomic E-state index is 0.219. The average molecular weight is 247 g/mol. The summed E-state index contributed by atoms with van der Waals surface area (Å²) in [6.07, 6.45) is 3.91. The first kappa shape index (κ1) is 11.7. The zero-order valence-electron chi connectivity index (χ0n) is 10.6. The van der Waals surface area contributed by atoms with Crippen LogP contribution in [0.5, 0.6) is 5.75 Å². The summed E-state index contributed by atoms with van der Waals surface area (Å²) in [7, 11) is 0. The van der Waals surface area contributed by atoms with E-state index in [-0.39, 0.29) is 17.5 Å². The van der Waals surface area contributed by atoms with E-state index in [1.807, 2.05) is 12.1 Å². The van der Waals surface area contributed by atoms with Crippen LogP contribution in [0.4, 0.5) is 0 Å². The van der Waals surface area contributed by atoms with Crippen molar-refractivity contribution in [3.05, 3.63) is 29.8 Å². The molecule has 1 aromatic rings. The molecular formula is C14H19N2O2+. The van der Waals surface area contributed by atoms with E-state index >= 15 is 0 Å². The fraction of sp³-hybridized carbons (Fsp3) is 0.500. The minimum Gasteiger partial charge on any atom is -0.507 e. The first-order chi connectivity index (χ1) is 8.63. The molecule has 0 bridgehead atoms. The topological polar surface area (TPSA) is 57.7 Å². The summed E-state index contributed by atoms with van der Waals surface area (Å²) in [5.41, 5.74) is 1.61. The second-order valence-corrected chi connectivity index (χ2v) is 5.41. The maximum Gasteiger partial charge on any atom is 0.259 e. The lowest BCUT2D eigenvalue weighted by Gasteiger charge is -2.32. The Morgan fingerprint density at radius 1 is 1.33 bits per heavy atom. The number of fused-ring (bicyclic) bond motifs is 1. The number of nitrogens with one attached hydrogen (secondary N) is 1. The molecule has 1 aromatic carbocycles. The molecule has 18 heavy (non-hydrogen) atoms. The van der Waals surface area contributed by atoms with E-state index in [9.17, 15) is 10.3 Å². The van der Waals surface area contributed by atoms with Crippen molar-refractivity contribution in [2.75, 3.05) is 0 Å². The molecule has 0 amide bonds. The van der Waals surface area contributed by atoms with Gasteiger partial charge in [-0.2, -0.15) is 0 Å². The smallest absolute Gasteiger partial charge is 0.259 e. The van der Waals surface area contributed by atoms with Crippen LogP contribution < -0.4 is 4.99 Å². The quantitative estimate of drug-likeness (QED) is 0.692. The van der Waals surface area contributed by atoms with E-state index < -0.39 is 0 Å². The van der Waals surface area contributed by atoms with Gasteiger partial charge in [0.2, 0.25) is 0 Å². The molecule has 0 spiro atoms. The van der Waals surface area contributed by atoms with Crippen LogP contribution >= 0.6 is 0 Å². The number of rotatable bonds is 1. The normalized spacial score (nSPS) is 32.1. The molecule has 0 unspecified atom stereocenters. The van der Waals surface area contributed by atoms with Crippen LogP contribution in [-0.2, 0) is 0 Å². The van der Waals surface area contributed by atoms with Gasteiger partial charge in [0.25, 0.3) is 6.17 Å². The Labute approximate surface area is 107 Å². The van der Waals surface area contributed by atoms with Gasteiger partial charge in [0.15, 0.2) is 5.71 Å². The van der Waals surface area contributed by atoms with Gasteiger partial charge in [0, 0.05) is 6.42 Å². The van der Waals surface area contributed by atoms with E-state index in [4.69, 9.17) is 0 Å². The predicted octanol–water partition coefficient (Wildman–Crippen LogP) is 0.950. The van der Waals surface area contributed by atoms with Crippen LogP contribution in [0.3, 0.4) is 0 Å². The highest BCUT2D eigenvalue weighted by atomic mass is 16.5. The predicted molar refractivity (Wildman–Crippen MR) is 67.3 cm³/mol. The second-order valence-electron chi connectivity index (χ2n) is 5.41. The van der Waals surface area contributed by atoms with Crippen molar-refractivity contribution in [2.45, 2.75) is 44.3 Å². The largest absolute Gasteiger partial charge is 0.507 e. The molecule has 0 aromatic heterocycles. The summed E-state index contributed by atoms with van der Waals surface area (Å²) in [6.45, 7) is 2.06. The Kier molecular flexibility index (Phi) is 2.64. The van der Waals surface area contributed by atoms with Crippen LogP contribution in [0.25, 0.3) is 0 Å². The molecule has 2 atom stereocenters. The van der Waals surface area contributed by atoms with Crippen molar-refractivity contribution in [1.29, 1.82) is 0 Å². The van der Waals surface area contributed by atoms with Gasteiger partial charge in [-0.05, 0) is 31.9 Å². The molecule has 1 aliphatic carbocycles. The molecule has 4 heteroatoms. The zero-order valence-corrected chi connectivity index (χ0v) is 10.6. The second kappa shape index (κ2) is 4.07. The number of hydrogen-bond donors (Lipinski definition) is 3. The molecule has 1 fully saturated rings. The third kappa shape index (κ3) is 1.56. The van der Waals surface area contributed by atoms with Gasteiger partial charge >= 0.3 is 0 Å². The third-order valence-electron chi connectivity index (χ3n) is 4.28. The molecule has 96 valence electrons. The number of hydrogen-bond acceptors (Lipinski definition) is 3. The Morgan fingerprint density at radius 3 is 2.83 bits per heavy atom. The monoisotopic (exact) mass is 247 g/mol. The van der Waals surface area contributed by atoms with Crippen molar-refractivity contribution in [2.24, 2.45) is 0 Å². The molecule has 3 N–H and O–H groups in total. The van der Waals surface area contributed by atoms with Crippen molar-refractivity contribution in [1.82, 2.24) is 5.06 Å². The number of benzene rings is 1. The zero-order chi connectivity index (χ0) is 12.8. The minimum atomic E-state index is -0.343. The van der Waals surface area contributed by atoms with Crippen LogP contribution in [-0.4, -0.2) is 26.6 Å². The first-order valence-corrected chi connectivity index (χ1v) is 6.52. The summed E-state index contributed by atoms with van der Waals surface area (Å²) in [6, 6.07) is 7.16. The molecule has 2 aliphatic rings. The highest BCUT2D eigenvalue weighted by Crippen LogP contribution is 2.36. The van der Waals surface area contributed by atoms with Crippen LogP contribution in [0.2, 0.25) is 0 Å². The fourth-order valence-electron chi connectivity index (χ4n) is 3.11. The van der Waals surface area contributed by atoms with Gasteiger partial charge < -0.3 is 10.3 Å². The lowest BCUT2D eigenvalue weighted by Crippen LogP contribution is -2.73. The van der Waals surface area contributed by atoms with E-state index in [2.05, 4.69) is 11.9 Å². The number of aromatic hydroxyl groups is 1. The lowest BCUT2D eigenvalue weighted by molar-refractivity contribution is -0.549. The van der Waals surface area contributed by atoms with E-state index in [0.29, 0.717) is 0 Å². The molecule has 1 heterocycles. The van der Waals surface area contributed by atoms with Gasteiger partial charge in [-0.1, -0.05) is 18.6 Å². The summed E-state index contributed by atoms with van der Waals surface area (Å²) < 4.78 is 0. The van der Waals surface area contributed by atoms with Crippen molar-refractivity contribution >= 4 is 5.71 Å². The molecular weight excluding hydrogens is 228 g/mol. The van der Waals surface area contributed by atoms with Gasteiger partial charge in [-0.3, -0.25) is 0 Å². The van der Waals surface area contributed by atoms with Crippen molar-refractivity contribution in [3.63, 3.8) is 0 Å². The summed E-state index contributed by atoms with van der Waals surface area (Å²) in [5, 5.41) is 21.8. The standard InChI is InChI=1S/C14H18N2O2/c1-14-9-5-4-8-12(14)15-13(16(14)18)10-6-2-3-7-11(10)17/h2-3,6-7,13,17-18H,4-5,8-9H2,1H3/p+1/t13-,14+/m0/s1.